The number of fused-ring (bicyclic) bond motifs is 1. The number of hydrogen-bond donors (Lipinski definition) is 1. The molecule has 0 amide bonds. The third kappa shape index (κ3) is 4.88. The van der Waals surface area contributed by atoms with Crippen molar-refractivity contribution in [3.05, 3.63) is 40.8 Å². The molecule has 2 heterocycles. The second-order valence-corrected chi connectivity index (χ2v) is 7.68. The van der Waals surface area contributed by atoms with E-state index in [1.54, 1.807) is 6.07 Å². The van der Waals surface area contributed by atoms with E-state index in [9.17, 15) is 13.2 Å². The van der Waals surface area contributed by atoms with Crippen molar-refractivity contribution >= 4 is 21.0 Å². The molecule has 0 aliphatic carbocycles. The van der Waals surface area contributed by atoms with Gasteiger partial charge in [0.2, 0.25) is 10.0 Å². The summed E-state index contributed by atoms with van der Waals surface area (Å²) in [5.41, 5.74) is -0.113. The largest absolute Gasteiger partial charge is 0.423 e. The molecule has 1 aromatic heterocycles. The van der Waals surface area contributed by atoms with Crippen molar-refractivity contribution in [1.82, 2.24) is 4.72 Å². The van der Waals surface area contributed by atoms with E-state index in [0.717, 1.165) is 19.4 Å². The molecule has 1 fully saturated rings. The lowest BCUT2D eigenvalue weighted by Gasteiger charge is -2.10. The van der Waals surface area contributed by atoms with Gasteiger partial charge in [0, 0.05) is 31.2 Å². The summed E-state index contributed by atoms with van der Waals surface area (Å²) in [5, 5.41) is 0.558. The Bertz CT molecular complexity index is 870. The number of hydrogen-bond acceptors (Lipinski definition) is 6. The molecule has 1 aliphatic rings. The van der Waals surface area contributed by atoms with Gasteiger partial charge in [0.1, 0.15) is 5.58 Å². The maximum Gasteiger partial charge on any atom is 0.336 e. The van der Waals surface area contributed by atoms with Crippen LogP contribution >= 0.6 is 0 Å². The maximum atomic E-state index is 12.3. The Kier molecular flexibility index (Phi) is 5.85. The van der Waals surface area contributed by atoms with Crippen LogP contribution in [0, 0.1) is 0 Å². The second-order valence-electron chi connectivity index (χ2n) is 5.92. The van der Waals surface area contributed by atoms with E-state index in [4.69, 9.17) is 13.9 Å². The normalized spacial score (nSPS) is 18.0. The lowest BCUT2D eigenvalue weighted by Crippen LogP contribution is -2.26. The van der Waals surface area contributed by atoms with Gasteiger partial charge in [0.15, 0.2) is 0 Å². The maximum absolute atomic E-state index is 12.3. The Balaban J connectivity index is 1.49. The zero-order chi connectivity index (χ0) is 17.7. The number of sulfonamides is 1. The van der Waals surface area contributed by atoms with E-state index in [2.05, 4.69) is 4.72 Å². The van der Waals surface area contributed by atoms with Crippen LogP contribution in [-0.4, -0.2) is 40.9 Å². The van der Waals surface area contributed by atoms with E-state index in [1.807, 2.05) is 0 Å². The van der Waals surface area contributed by atoms with Gasteiger partial charge in [-0.3, -0.25) is 0 Å². The quantitative estimate of drug-likeness (QED) is 0.563. The fourth-order valence-corrected chi connectivity index (χ4v) is 3.78. The van der Waals surface area contributed by atoms with Crippen molar-refractivity contribution in [2.45, 2.75) is 30.3 Å². The van der Waals surface area contributed by atoms with Crippen LogP contribution in [0.3, 0.4) is 0 Å². The summed E-state index contributed by atoms with van der Waals surface area (Å²) in [6.45, 7) is 2.12. The van der Waals surface area contributed by atoms with Gasteiger partial charge < -0.3 is 13.9 Å². The van der Waals surface area contributed by atoms with Crippen molar-refractivity contribution < 1.29 is 22.3 Å². The standard InChI is InChI=1S/C17H21NO6S/c19-17-7-4-13-11-15(5-6-16(13)24-17)25(20,21)18-8-2-9-22-12-14-3-1-10-23-14/h4-7,11,14,18H,1-3,8-10,12H2/t14-/m0/s1. The third-order valence-electron chi connectivity index (χ3n) is 3.99. The fourth-order valence-electron chi connectivity index (χ4n) is 2.67. The van der Waals surface area contributed by atoms with Gasteiger partial charge in [-0.05, 0) is 43.5 Å². The van der Waals surface area contributed by atoms with Crippen molar-refractivity contribution in [3.8, 4) is 0 Å². The Morgan fingerprint density at radius 3 is 2.92 bits per heavy atom. The van der Waals surface area contributed by atoms with Crippen LogP contribution in [-0.2, 0) is 19.5 Å². The van der Waals surface area contributed by atoms with Gasteiger partial charge in [0.05, 0.1) is 17.6 Å². The zero-order valence-electron chi connectivity index (χ0n) is 13.8. The number of rotatable bonds is 8. The Morgan fingerprint density at radius 1 is 1.24 bits per heavy atom. The molecule has 2 aromatic rings. The molecule has 1 aromatic carbocycles. The summed E-state index contributed by atoms with van der Waals surface area (Å²) >= 11 is 0. The minimum Gasteiger partial charge on any atom is -0.423 e. The molecule has 0 spiro atoms. The highest BCUT2D eigenvalue weighted by Crippen LogP contribution is 2.17. The molecule has 1 saturated heterocycles. The lowest BCUT2D eigenvalue weighted by atomic mass is 10.2. The molecule has 136 valence electrons. The Labute approximate surface area is 146 Å². The summed E-state index contributed by atoms with van der Waals surface area (Å²) in [4.78, 5) is 11.3. The van der Waals surface area contributed by atoms with Gasteiger partial charge in [-0.2, -0.15) is 0 Å². The van der Waals surface area contributed by atoms with E-state index in [1.165, 1.54) is 24.3 Å². The first-order valence-corrected chi connectivity index (χ1v) is 9.76. The first-order valence-electron chi connectivity index (χ1n) is 8.27. The molecule has 1 aliphatic heterocycles. The van der Waals surface area contributed by atoms with E-state index in [0.29, 0.717) is 30.6 Å². The summed E-state index contributed by atoms with van der Waals surface area (Å²) < 4.78 is 43.1. The second kappa shape index (κ2) is 8.09. The smallest absolute Gasteiger partial charge is 0.336 e. The molecular formula is C17H21NO6S. The van der Waals surface area contributed by atoms with E-state index in [-0.39, 0.29) is 17.5 Å². The topological polar surface area (TPSA) is 94.8 Å². The van der Waals surface area contributed by atoms with Crippen molar-refractivity contribution in [1.29, 1.82) is 0 Å². The summed E-state index contributed by atoms with van der Waals surface area (Å²) in [6, 6.07) is 7.18. The van der Waals surface area contributed by atoms with Crippen LogP contribution in [0.5, 0.6) is 0 Å². The molecule has 0 unspecified atom stereocenters. The van der Waals surface area contributed by atoms with Gasteiger partial charge in [-0.15, -0.1) is 0 Å². The van der Waals surface area contributed by atoms with Crippen molar-refractivity contribution in [2.75, 3.05) is 26.4 Å². The molecule has 0 saturated carbocycles. The fraction of sp³-hybridized carbons (Fsp3) is 0.471. The van der Waals surface area contributed by atoms with Crippen LogP contribution in [0.25, 0.3) is 11.0 Å². The molecule has 1 atom stereocenters. The van der Waals surface area contributed by atoms with Gasteiger partial charge in [-0.25, -0.2) is 17.9 Å². The summed E-state index contributed by atoms with van der Waals surface area (Å²) in [5.74, 6) is 0. The average Bonchev–Trinajstić information content (AvgIpc) is 3.10. The summed E-state index contributed by atoms with van der Waals surface area (Å²) in [7, 11) is -3.61. The third-order valence-corrected chi connectivity index (χ3v) is 5.45. The highest BCUT2D eigenvalue weighted by Gasteiger charge is 2.16. The predicted molar refractivity (Wildman–Crippen MR) is 92.1 cm³/mol. The molecule has 7 nitrogen and oxygen atoms in total. The zero-order valence-corrected chi connectivity index (χ0v) is 14.6. The minimum absolute atomic E-state index is 0.133. The highest BCUT2D eigenvalue weighted by atomic mass is 32.2. The Morgan fingerprint density at radius 2 is 2.12 bits per heavy atom. The number of ether oxygens (including phenoxy) is 2. The minimum atomic E-state index is -3.61. The molecule has 3 rings (SSSR count). The molecule has 25 heavy (non-hydrogen) atoms. The molecule has 0 bridgehead atoms. The molecule has 8 heteroatoms. The first-order chi connectivity index (χ1) is 12.0. The van der Waals surface area contributed by atoms with Crippen LogP contribution in [0.4, 0.5) is 0 Å². The summed E-state index contributed by atoms with van der Waals surface area (Å²) in [6.07, 6.45) is 2.85. The van der Waals surface area contributed by atoms with Gasteiger partial charge >= 0.3 is 5.63 Å². The van der Waals surface area contributed by atoms with Crippen LogP contribution in [0.1, 0.15) is 19.3 Å². The Hall–Kier alpha value is -1.74. The number of nitrogens with one attached hydrogen (secondary N) is 1. The van der Waals surface area contributed by atoms with Crippen LogP contribution < -0.4 is 10.3 Å². The average molecular weight is 367 g/mol. The monoisotopic (exact) mass is 367 g/mol. The van der Waals surface area contributed by atoms with Gasteiger partial charge in [-0.1, -0.05) is 0 Å². The van der Waals surface area contributed by atoms with Crippen LogP contribution in [0.2, 0.25) is 0 Å². The lowest BCUT2D eigenvalue weighted by molar-refractivity contribution is 0.0169. The number of benzene rings is 1. The molecular weight excluding hydrogens is 346 g/mol. The highest BCUT2D eigenvalue weighted by molar-refractivity contribution is 7.89. The predicted octanol–water partition coefficient (Wildman–Crippen LogP) is 1.66. The van der Waals surface area contributed by atoms with Crippen LogP contribution in [0.15, 0.2) is 44.4 Å². The van der Waals surface area contributed by atoms with Crippen molar-refractivity contribution in [2.24, 2.45) is 0 Å². The first kappa shape index (κ1) is 18.1. The molecule has 0 radical (unpaired) electrons. The van der Waals surface area contributed by atoms with Gasteiger partial charge in [0.25, 0.3) is 0 Å². The van der Waals surface area contributed by atoms with E-state index < -0.39 is 15.6 Å². The van der Waals surface area contributed by atoms with E-state index >= 15 is 0 Å². The van der Waals surface area contributed by atoms with Crippen molar-refractivity contribution in [3.63, 3.8) is 0 Å². The molecule has 1 N–H and O–H groups in total. The SMILES string of the molecule is O=c1ccc2cc(S(=O)(=O)NCCCOC[C@@H]3CCCO3)ccc2o1.